The van der Waals surface area contributed by atoms with Crippen molar-refractivity contribution in [1.29, 1.82) is 0 Å². The lowest BCUT2D eigenvalue weighted by Gasteiger charge is -2.39. The van der Waals surface area contributed by atoms with Crippen LogP contribution in [0.3, 0.4) is 0 Å². The third kappa shape index (κ3) is 6.99. The van der Waals surface area contributed by atoms with Gasteiger partial charge >= 0.3 is 0 Å². The van der Waals surface area contributed by atoms with Gasteiger partial charge in [-0.15, -0.1) is 0 Å². The molecule has 5 nitrogen and oxygen atoms in total. The van der Waals surface area contributed by atoms with Gasteiger partial charge in [-0.3, -0.25) is 4.79 Å². The summed E-state index contributed by atoms with van der Waals surface area (Å²) in [7, 11) is 0. The fourth-order valence-corrected chi connectivity index (χ4v) is 5.86. The highest BCUT2D eigenvalue weighted by atomic mass is 19.1. The van der Waals surface area contributed by atoms with Crippen LogP contribution in [0, 0.1) is 17.7 Å². The van der Waals surface area contributed by atoms with Crippen molar-refractivity contribution in [3.8, 4) is 5.75 Å². The topological polar surface area (TPSA) is 50.8 Å². The summed E-state index contributed by atoms with van der Waals surface area (Å²) in [6.45, 7) is 7.07. The molecule has 0 radical (unpaired) electrons. The molecule has 2 aliphatic rings. The van der Waals surface area contributed by atoms with E-state index >= 15 is 0 Å². The van der Waals surface area contributed by atoms with Crippen molar-refractivity contribution in [2.24, 2.45) is 11.8 Å². The Hall–Kier alpha value is -3.38. The number of anilines is 2. The second-order valence-electron chi connectivity index (χ2n) is 11.2. The van der Waals surface area contributed by atoms with Gasteiger partial charge in [0.05, 0.1) is 12.7 Å². The first-order chi connectivity index (χ1) is 19.0. The van der Waals surface area contributed by atoms with Crippen molar-refractivity contribution in [2.45, 2.75) is 51.6 Å². The van der Waals surface area contributed by atoms with Gasteiger partial charge in [0, 0.05) is 30.4 Å². The van der Waals surface area contributed by atoms with Crippen molar-refractivity contribution in [1.82, 2.24) is 0 Å². The highest BCUT2D eigenvalue weighted by molar-refractivity contribution is 5.92. The van der Waals surface area contributed by atoms with E-state index < -0.39 is 0 Å². The molecule has 2 fully saturated rings. The largest absolute Gasteiger partial charge is 0.484 e. The predicted molar refractivity (Wildman–Crippen MR) is 154 cm³/mol. The number of piperidine rings is 1. The Balaban J connectivity index is 1.17. The van der Waals surface area contributed by atoms with E-state index in [0.717, 1.165) is 36.3 Å². The third-order valence-electron chi connectivity index (χ3n) is 8.03. The van der Waals surface area contributed by atoms with Crippen LogP contribution in [0.1, 0.15) is 62.7 Å². The molecule has 0 aromatic heterocycles. The monoisotopic (exact) mass is 530 g/mol. The number of rotatable bonds is 8. The summed E-state index contributed by atoms with van der Waals surface area (Å²) in [5.41, 5.74) is 4.00. The van der Waals surface area contributed by atoms with Gasteiger partial charge in [0.25, 0.3) is 5.91 Å². The Labute approximate surface area is 231 Å². The molecule has 0 saturated carbocycles. The lowest BCUT2D eigenvalue weighted by Crippen LogP contribution is -2.31. The van der Waals surface area contributed by atoms with E-state index in [9.17, 15) is 9.18 Å². The number of hydrogen-bond donors (Lipinski definition) is 1. The van der Waals surface area contributed by atoms with Gasteiger partial charge in [-0.05, 0) is 97.2 Å². The van der Waals surface area contributed by atoms with Gasteiger partial charge in [-0.1, -0.05) is 38.1 Å². The predicted octanol–water partition coefficient (Wildman–Crippen LogP) is 7.35. The molecular weight excluding hydrogens is 491 g/mol. The molecule has 2 saturated heterocycles. The van der Waals surface area contributed by atoms with E-state index in [-0.39, 0.29) is 36.3 Å². The minimum Gasteiger partial charge on any atom is -0.484 e. The molecule has 1 N–H and O–H groups in total. The zero-order valence-corrected chi connectivity index (χ0v) is 22.9. The SMILES string of the molecule is CC(C)[C@@H]1C[C@H](c2cccc(F)c2)CO[C@H]1c1cccc(OCC(=O)Nc2ccc(N3CCCCC3)cc2)c1. The van der Waals surface area contributed by atoms with Crippen LogP contribution in [0.5, 0.6) is 5.75 Å². The lowest BCUT2D eigenvalue weighted by molar-refractivity contribution is -0.118. The van der Waals surface area contributed by atoms with Gasteiger partial charge in [0.2, 0.25) is 0 Å². The number of benzene rings is 3. The number of amides is 1. The number of ether oxygens (including phenoxy) is 2. The summed E-state index contributed by atoms with van der Waals surface area (Å²) in [6, 6.07) is 22.7. The standard InChI is InChI=1S/C33H39FN2O3/c1-23(2)31-20-26(24-8-6-10-27(34)18-24)21-39-33(31)25-9-7-11-30(19-25)38-22-32(37)35-28-12-14-29(15-13-28)36-16-4-3-5-17-36/h6-15,18-19,23,26,31,33H,3-5,16-17,20-22H2,1-2H3,(H,35,37)/t26-,31-,33-/m0/s1. The Bertz CT molecular complexity index is 1240. The number of carbonyl (C=O) groups is 1. The van der Waals surface area contributed by atoms with Gasteiger partial charge in [-0.2, -0.15) is 0 Å². The van der Waals surface area contributed by atoms with Crippen molar-refractivity contribution in [3.05, 3.63) is 89.7 Å². The van der Waals surface area contributed by atoms with E-state index in [0.29, 0.717) is 18.3 Å². The summed E-state index contributed by atoms with van der Waals surface area (Å²) in [6.07, 6.45) is 4.62. The molecule has 3 atom stereocenters. The fourth-order valence-electron chi connectivity index (χ4n) is 5.86. The van der Waals surface area contributed by atoms with Crippen molar-refractivity contribution < 1.29 is 18.7 Å². The summed E-state index contributed by atoms with van der Waals surface area (Å²) >= 11 is 0. The van der Waals surface area contributed by atoms with E-state index in [4.69, 9.17) is 9.47 Å². The smallest absolute Gasteiger partial charge is 0.262 e. The molecule has 6 heteroatoms. The molecule has 5 rings (SSSR count). The molecule has 2 aliphatic heterocycles. The quantitative estimate of drug-likeness (QED) is 0.331. The number of nitrogens with zero attached hydrogens (tertiary/aromatic N) is 1. The molecule has 0 unspecified atom stereocenters. The van der Waals surface area contributed by atoms with Crippen LogP contribution in [0.15, 0.2) is 72.8 Å². The second-order valence-corrected chi connectivity index (χ2v) is 11.2. The summed E-state index contributed by atoms with van der Waals surface area (Å²) in [5, 5.41) is 2.93. The second kappa shape index (κ2) is 12.6. The van der Waals surface area contributed by atoms with Crippen LogP contribution in [0.25, 0.3) is 0 Å². The normalized spacial score (nSPS) is 21.5. The average Bonchev–Trinajstić information content (AvgIpc) is 2.97. The molecule has 0 spiro atoms. The Morgan fingerprint density at radius 1 is 1.00 bits per heavy atom. The van der Waals surface area contributed by atoms with Crippen LogP contribution in [-0.2, 0) is 9.53 Å². The van der Waals surface area contributed by atoms with Crippen LogP contribution in [0.4, 0.5) is 15.8 Å². The zero-order chi connectivity index (χ0) is 27.2. The Morgan fingerprint density at radius 2 is 1.74 bits per heavy atom. The number of hydrogen-bond acceptors (Lipinski definition) is 4. The maximum atomic E-state index is 13.8. The lowest BCUT2D eigenvalue weighted by atomic mass is 9.76. The molecule has 1 amide bonds. The van der Waals surface area contributed by atoms with Crippen molar-refractivity contribution >= 4 is 17.3 Å². The minimum absolute atomic E-state index is 0.0713. The van der Waals surface area contributed by atoms with Gasteiger partial charge in [0.1, 0.15) is 11.6 Å². The van der Waals surface area contributed by atoms with Gasteiger partial charge in [-0.25, -0.2) is 4.39 Å². The molecule has 39 heavy (non-hydrogen) atoms. The maximum Gasteiger partial charge on any atom is 0.262 e. The molecule has 3 aromatic rings. The summed E-state index contributed by atoms with van der Waals surface area (Å²) in [4.78, 5) is 15.0. The number of halogens is 1. The molecule has 2 heterocycles. The first-order valence-electron chi connectivity index (χ1n) is 14.2. The van der Waals surface area contributed by atoms with Crippen LogP contribution >= 0.6 is 0 Å². The van der Waals surface area contributed by atoms with E-state index in [1.807, 2.05) is 36.4 Å². The van der Waals surface area contributed by atoms with E-state index in [1.165, 1.54) is 31.0 Å². The highest BCUT2D eigenvalue weighted by Gasteiger charge is 2.35. The third-order valence-corrected chi connectivity index (χ3v) is 8.03. The fraction of sp³-hybridized carbons (Fsp3) is 0.424. The van der Waals surface area contributed by atoms with Crippen LogP contribution < -0.4 is 15.0 Å². The van der Waals surface area contributed by atoms with Gasteiger partial charge in [0.15, 0.2) is 6.61 Å². The molecule has 0 bridgehead atoms. The van der Waals surface area contributed by atoms with Gasteiger partial charge < -0.3 is 19.7 Å². The van der Waals surface area contributed by atoms with E-state index in [1.54, 1.807) is 12.1 Å². The minimum atomic E-state index is -0.209. The molecular formula is C33H39FN2O3. The van der Waals surface area contributed by atoms with Crippen LogP contribution in [-0.4, -0.2) is 32.2 Å². The number of carbonyl (C=O) groups excluding carboxylic acids is 1. The molecule has 0 aliphatic carbocycles. The maximum absolute atomic E-state index is 13.8. The summed E-state index contributed by atoms with van der Waals surface area (Å²) < 4.78 is 26.1. The first kappa shape index (κ1) is 27.2. The average molecular weight is 531 g/mol. The Morgan fingerprint density at radius 3 is 2.49 bits per heavy atom. The van der Waals surface area contributed by atoms with E-state index in [2.05, 4.69) is 42.3 Å². The van der Waals surface area contributed by atoms with Crippen molar-refractivity contribution in [3.63, 3.8) is 0 Å². The Kier molecular flexibility index (Phi) is 8.82. The highest BCUT2D eigenvalue weighted by Crippen LogP contribution is 2.44. The van der Waals surface area contributed by atoms with Crippen molar-refractivity contribution in [2.75, 3.05) is 36.5 Å². The zero-order valence-electron chi connectivity index (χ0n) is 22.9. The molecule has 206 valence electrons. The summed E-state index contributed by atoms with van der Waals surface area (Å²) in [5.74, 6) is 1.07. The first-order valence-corrected chi connectivity index (χ1v) is 14.2. The van der Waals surface area contributed by atoms with Crippen LogP contribution in [0.2, 0.25) is 0 Å². The molecule has 3 aromatic carbocycles. The number of nitrogens with one attached hydrogen (secondary N) is 1.